The number of nitrogens with zero attached hydrogens (tertiary/aromatic N) is 1. The van der Waals surface area contributed by atoms with Crippen molar-refractivity contribution >= 4 is 0 Å². The molecule has 0 radical (unpaired) electrons. The van der Waals surface area contributed by atoms with Gasteiger partial charge < -0.3 is 4.52 Å². The molecule has 1 aromatic heterocycles. The fourth-order valence-corrected chi connectivity index (χ4v) is 2.13. The van der Waals surface area contributed by atoms with Gasteiger partial charge in [0.15, 0.2) is 0 Å². The first kappa shape index (κ1) is 9.56. The highest BCUT2D eigenvalue weighted by Crippen LogP contribution is 2.27. The molecule has 1 aliphatic carbocycles. The molecule has 0 saturated heterocycles. The van der Waals surface area contributed by atoms with Crippen LogP contribution in [0.2, 0.25) is 0 Å². The van der Waals surface area contributed by atoms with Gasteiger partial charge in [-0.25, -0.2) is 0 Å². The second-order valence-corrected chi connectivity index (χ2v) is 4.20. The quantitative estimate of drug-likeness (QED) is 0.690. The van der Waals surface area contributed by atoms with E-state index in [9.17, 15) is 4.79 Å². The predicted octanol–water partition coefficient (Wildman–Crippen LogP) is 2.56. The molecule has 78 valence electrons. The number of aryl methyl sites for hydroxylation is 1. The van der Waals surface area contributed by atoms with Gasteiger partial charge in [-0.1, -0.05) is 19.3 Å². The van der Waals surface area contributed by atoms with E-state index in [4.69, 9.17) is 4.52 Å². The summed E-state index contributed by atoms with van der Waals surface area (Å²) < 4.78 is 7.08. The van der Waals surface area contributed by atoms with E-state index in [2.05, 4.69) is 0 Å². The lowest BCUT2D eigenvalue weighted by atomic mass is 9.96. The van der Waals surface area contributed by atoms with Crippen LogP contribution in [0.5, 0.6) is 0 Å². The van der Waals surface area contributed by atoms with Gasteiger partial charge in [0.1, 0.15) is 5.76 Å². The Kier molecular flexibility index (Phi) is 2.48. The molecule has 1 heterocycles. The van der Waals surface area contributed by atoms with Gasteiger partial charge in [0.2, 0.25) is 0 Å². The highest BCUT2D eigenvalue weighted by Gasteiger charge is 2.20. The lowest BCUT2D eigenvalue weighted by molar-refractivity contribution is 0.167. The Hall–Kier alpha value is -0.990. The number of hydrogen-bond donors (Lipinski definition) is 0. The average Bonchev–Trinajstić information content (AvgIpc) is 2.47. The molecule has 1 fully saturated rings. The van der Waals surface area contributed by atoms with Gasteiger partial charge in [-0.3, -0.25) is 4.79 Å². The summed E-state index contributed by atoms with van der Waals surface area (Å²) in [6, 6.07) is 0.309. The molecule has 0 aromatic carbocycles. The van der Waals surface area contributed by atoms with Crippen LogP contribution in [-0.2, 0) is 0 Å². The summed E-state index contributed by atoms with van der Waals surface area (Å²) in [5.74, 6) is 0.764. The molecule has 0 atom stereocenters. The molecular weight excluding hydrogens is 178 g/mol. The summed E-state index contributed by atoms with van der Waals surface area (Å²) >= 11 is 0. The van der Waals surface area contributed by atoms with E-state index in [1.54, 1.807) is 4.74 Å². The van der Waals surface area contributed by atoms with Crippen LogP contribution in [0.15, 0.2) is 9.32 Å². The Morgan fingerprint density at radius 2 is 1.86 bits per heavy atom. The van der Waals surface area contributed by atoms with Crippen molar-refractivity contribution in [2.75, 3.05) is 0 Å². The second kappa shape index (κ2) is 3.64. The van der Waals surface area contributed by atoms with Gasteiger partial charge in [0.25, 0.3) is 5.56 Å². The molecule has 14 heavy (non-hydrogen) atoms. The van der Waals surface area contributed by atoms with Crippen LogP contribution in [0.4, 0.5) is 0 Å². The highest BCUT2D eigenvalue weighted by molar-refractivity contribution is 5.10. The zero-order valence-electron chi connectivity index (χ0n) is 8.88. The van der Waals surface area contributed by atoms with Crippen molar-refractivity contribution in [3.8, 4) is 0 Å². The minimum atomic E-state index is 0.0643. The standard InChI is InChI=1S/C11H17NO2/c1-8-9(2)14-12(11(8)13)10-6-4-3-5-7-10/h10H,3-7H2,1-2H3. The molecule has 1 aliphatic rings. The first-order valence-electron chi connectivity index (χ1n) is 5.39. The molecule has 3 nitrogen and oxygen atoms in total. The van der Waals surface area contributed by atoms with Gasteiger partial charge in [0.05, 0.1) is 11.6 Å². The average molecular weight is 195 g/mol. The van der Waals surface area contributed by atoms with E-state index in [1.807, 2.05) is 13.8 Å². The molecule has 0 amide bonds. The van der Waals surface area contributed by atoms with E-state index in [-0.39, 0.29) is 5.56 Å². The second-order valence-electron chi connectivity index (χ2n) is 4.20. The van der Waals surface area contributed by atoms with Crippen molar-refractivity contribution in [1.82, 2.24) is 4.74 Å². The summed E-state index contributed by atoms with van der Waals surface area (Å²) in [4.78, 5) is 11.8. The fraction of sp³-hybridized carbons (Fsp3) is 0.727. The SMILES string of the molecule is Cc1on(C2CCCCC2)c(=O)c1C. The van der Waals surface area contributed by atoms with Crippen LogP contribution in [0, 0.1) is 13.8 Å². The molecule has 1 saturated carbocycles. The van der Waals surface area contributed by atoms with Crippen LogP contribution < -0.4 is 5.56 Å². The minimum Gasteiger partial charge on any atom is -0.381 e. The Labute approximate surface area is 83.7 Å². The van der Waals surface area contributed by atoms with Crippen LogP contribution in [-0.4, -0.2) is 4.74 Å². The molecular formula is C11H17NO2. The lowest BCUT2D eigenvalue weighted by Gasteiger charge is -2.20. The third-order valence-corrected chi connectivity index (χ3v) is 3.19. The Morgan fingerprint density at radius 3 is 2.36 bits per heavy atom. The molecule has 1 aromatic rings. The van der Waals surface area contributed by atoms with Crippen LogP contribution in [0.1, 0.15) is 49.5 Å². The van der Waals surface area contributed by atoms with Gasteiger partial charge in [-0.15, -0.1) is 0 Å². The molecule has 3 heteroatoms. The van der Waals surface area contributed by atoms with E-state index >= 15 is 0 Å². The normalized spacial score (nSPS) is 18.7. The highest BCUT2D eigenvalue weighted by atomic mass is 16.5. The van der Waals surface area contributed by atoms with E-state index in [1.165, 1.54) is 19.3 Å². The third-order valence-electron chi connectivity index (χ3n) is 3.19. The van der Waals surface area contributed by atoms with Crippen LogP contribution >= 0.6 is 0 Å². The molecule has 0 N–H and O–H groups in total. The van der Waals surface area contributed by atoms with Crippen molar-refractivity contribution in [2.24, 2.45) is 0 Å². The summed E-state index contributed by atoms with van der Waals surface area (Å²) in [6.45, 7) is 3.69. The van der Waals surface area contributed by atoms with Gasteiger partial charge >= 0.3 is 0 Å². The lowest BCUT2D eigenvalue weighted by Crippen LogP contribution is -2.23. The van der Waals surface area contributed by atoms with Crippen molar-refractivity contribution < 1.29 is 4.52 Å². The largest absolute Gasteiger partial charge is 0.381 e. The monoisotopic (exact) mass is 195 g/mol. The minimum absolute atomic E-state index is 0.0643. The maximum Gasteiger partial charge on any atom is 0.285 e. The maximum absolute atomic E-state index is 11.8. The van der Waals surface area contributed by atoms with Crippen LogP contribution in [0.25, 0.3) is 0 Å². The summed E-state index contributed by atoms with van der Waals surface area (Å²) in [7, 11) is 0. The van der Waals surface area contributed by atoms with Crippen molar-refractivity contribution in [2.45, 2.75) is 52.0 Å². The zero-order chi connectivity index (χ0) is 10.1. The first-order chi connectivity index (χ1) is 6.70. The van der Waals surface area contributed by atoms with Gasteiger partial charge in [0, 0.05) is 0 Å². The summed E-state index contributed by atoms with van der Waals surface area (Å²) in [6.07, 6.45) is 5.91. The maximum atomic E-state index is 11.8. The van der Waals surface area contributed by atoms with Gasteiger partial charge in [-0.05, 0) is 26.7 Å². The van der Waals surface area contributed by atoms with E-state index in [0.29, 0.717) is 6.04 Å². The third kappa shape index (κ3) is 1.51. The zero-order valence-corrected chi connectivity index (χ0v) is 8.88. The molecule has 0 spiro atoms. The number of aromatic nitrogens is 1. The Bertz CT molecular complexity index is 369. The van der Waals surface area contributed by atoms with Gasteiger partial charge in [-0.2, -0.15) is 4.74 Å². The van der Waals surface area contributed by atoms with Crippen LogP contribution in [0.3, 0.4) is 0 Å². The molecule has 0 bridgehead atoms. The fourth-order valence-electron chi connectivity index (χ4n) is 2.13. The molecule has 0 aliphatic heterocycles. The van der Waals surface area contributed by atoms with Crippen molar-refractivity contribution in [3.63, 3.8) is 0 Å². The number of hydrogen-bond acceptors (Lipinski definition) is 2. The van der Waals surface area contributed by atoms with E-state index in [0.717, 1.165) is 24.2 Å². The predicted molar refractivity (Wildman–Crippen MR) is 54.6 cm³/mol. The topological polar surface area (TPSA) is 35.1 Å². The Balaban J connectivity index is 2.31. The van der Waals surface area contributed by atoms with Crippen molar-refractivity contribution in [1.29, 1.82) is 0 Å². The summed E-state index contributed by atoms with van der Waals surface area (Å²) in [5, 5.41) is 0. The van der Waals surface area contributed by atoms with E-state index < -0.39 is 0 Å². The number of rotatable bonds is 1. The molecule has 0 unspecified atom stereocenters. The summed E-state index contributed by atoms with van der Waals surface area (Å²) in [5.41, 5.74) is 0.824. The Morgan fingerprint density at radius 1 is 1.21 bits per heavy atom. The van der Waals surface area contributed by atoms with Crippen molar-refractivity contribution in [3.05, 3.63) is 21.7 Å². The smallest absolute Gasteiger partial charge is 0.285 e. The molecule has 2 rings (SSSR count). The first-order valence-corrected chi connectivity index (χ1v) is 5.39.